The molecule has 6 N–H and O–H groups in total. The van der Waals surface area contributed by atoms with Gasteiger partial charge in [-0.1, -0.05) is 83.1 Å². The highest BCUT2D eigenvalue weighted by Gasteiger charge is 2.67. The number of aliphatic hydroxyl groups is 6. The maximum atomic E-state index is 13.6. The Morgan fingerprint density at radius 2 is 0.727 bits per heavy atom. The lowest BCUT2D eigenvalue weighted by Crippen LogP contribution is -2.57. The Hall–Kier alpha value is -2.33. The lowest BCUT2D eigenvalue weighted by molar-refractivity contribution is -0.177. The van der Waals surface area contributed by atoms with Gasteiger partial charge >= 0.3 is 33.7 Å². The third-order valence-corrected chi connectivity index (χ3v) is 28.0. The summed E-state index contributed by atoms with van der Waals surface area (Å²) in [5.74, 6) is -5.43. The molecule has 2 aliphatic carbocycles. The number of alkyl halides is 6. The Kier molecular flexibility index (Phi) is 30.3. The van der Waals surface area contributed by atoms with Crippen LogP contribution in [0.5, 0.6) is 0 Å². The quantitative estimate of drug-likeness (QED) is 0.0154. The van der Waals surface area contributed by atoms with Crippen LogP contribution in [-0.2, 0) is 77.9 Å². The van der Waals surface area contributed by atoms with Crippen LogP contribution in [0.4, 0.5) is 26.3 Å². The van der Waals surface area contributed by atoms with Crippen LogP contribution < -0.4 is 0 Å². The van der Waals surface area contributed by atoms with E-state index < -0.39 is 172 Å². The van der Waals surface area contributed by atoms with Crippen molar-refractivity contribution in [2.45, 2.75) is 315 Å². The molecule has 6 aliphatic rings. The van der Waals surface area contributed by atoms with Crippen LogP contribution in [0.3, 0.4) is 0 Å². The molecule has 6 rings (SSSR count). The van der Waals surface area contributed by atoms with Gasteiger partial charge in [-0.3, -0.25) is 0 Å². The molecule has 4 saturated heterocycles. The molecule has 25 nitrogen and oxygen atoms in total. The van der Waals surface area contributed by atoms with Crippen LogP contribution in [0.2, 0.25) is 0 Å². The van der Waals surface area contributed by atoms with Gasteiger partial charge in [0.25, 0.3) is 0 Å². The minimum Gasteiger partial charge on any atom is -0.743 e. The number of halogens is 6. The van der Waals surface area contributed by atoms with Crippen LogP contribution in [0.25, 0.3) is 0 Å². The number of fused-ring (bicyclic) bond motifs is 6. The summed E-state index contributed by atoms with van der Waals surface area (Å²) in [4.78, 5) is 36.0. The van der Waals surface area contributed by atoms with Gasteiger partial charge in [0, 0.05) is 40.6 Å². The molecule has 99 heavy (non-hydrogen) atoms. The summed E-state index contributed by atoms with van der Waals surface area (Å²) >= 11 is 1.61. The summed E-state index contributed by atoms with van der Waals surface area (Å²) in [5, 5.41) is 53.6. The third kappa shape index (κ3) is 18.4. The van der Waals surface area contributed by atoms with E-state index in [0.29, 0.717) is 124 Å². The normalized spacial score (nSPS) is 29.3. The van der Waals surface area contributed by atoms with Crippen molar-refractivity contribution >= 4 is 60.0 Å². The number of thioether (sulfide) groups is 1. The van der Waals surface area contributed by atoms with Crippen LogP contribution >= 0.6 is 11.8 Å². The highest BCUT2D eigenvalue weighted by Crippen LogP contribution is 2.64. The average Bonchev–Trinajstić information content (AvgIpc) is 1.60. The van der Waals surface area contributed by atoms with E-state index in [1.54, 1.807) is 11.8 Å². The van der Waals surface area contributed by atoms with Gasteiger partial charge in [0.1, 0.15) is 19.8 Å². The molecule has 0 aromatic carbocycles. The first kappa shape index (κ1) is 89.1. The van der Waals surface area contributed by atoms with Crippen molar-refractivity contribution < 1.29 is 143 Å². The Labute approximate surface area is 583 Å². The molecule has 6 bridgehead atoms. The number of carbonyl (C=O) groups excluding carboxylic acids is 3. The fourth-order valence-corrected chi connectivity index (χ4v) is 20.3. The summed E-state index contributed by atoms with van der Waals surface area (Å²) in [7, 11) is -18.0. The lowest BCUT2D eigenvalue weighted by Gasteiger charge is -2.50. The lowest BCUT2D eigenvalue weighted by atomic mass is 9.60. The van der Waals surface area contributed by atoms with E-state index in [1.165, 1.54) is 0 Å². The van der Waals surface area contributed by atoms with Gasteiger partial charge in [-0.05, 0) is 141 Å². The van der Waals surface area contributed by atoms with Crippen molar-refractivity contribution in [3.8, 4) is 0 Å². The van der Waals surface area contributed by atoms with Gasteiger partial charge in [-0.15, -0.1) is 0 Å². The number of esters is 3. The largest absolute Gasteiger partial charge is 0.743 e. The second-order valence-corrected chi connectivity index (χ2v) is 33.4. The number of ether oxygens (including phenoxy) is 7. The van der Waals surface area contributed by atoms with Crippen LogP contribution in [0.15, 0.2) is 0 Å². The zero-order chi connectivity index (χ0) is 76.2. The summed E-state index contributed by atoms with van der Waals surface area (Å²) in [6, 6.07) is 0. The first-order valence-electron chi connectivity index (χ1n) is 34.4. The Bertz CT molecular complexity index is 2700. The average molecular weight is 1520 g/mol. The van der Waals surface area contributed by atoms with Crippen molar-refractivity contribution in [3.63, 3.8) is 0 Å². The maximum Gasteiger partial charge on any atom is 0.370 e. The van der Waals surface area contributed by atoms with Gasteiger partial charge in [0.15, 0.2) is 48.7 Å². The van der Waals surface area contributed by atoms with Gasteiger partial charge < -0.3 is 77.5 Å². The molecule has 35 heteroatoms. The smallest absolute Gasteiger partial charge is 0.370 e. The number of rotatable bonds is 36. The summed E-state index contributed by atoms with van der Waals surface area (Å²) in [6.07, 6.45) is -2.12. The van der Waals surface area contributed by atoms with Crippen molar-refractivity contribution in [1.82, 2.24) is 0 Å². The molecule has 582 valence electrons. The SMILES string of the molecule is CCC(O)(CC)C1C2CC(OCC(=O)OC(C)C(F)(F)S(=O)(=O)[O-])C(C2)C1C(O)(CC)CC.CCC(O)(CC)C1C2CC(OCC(=O)OC(C)C(F)(F)S(=O)(=O)[O-])C(O2)C1C(O)(CC)CC.CCC(O)(CC)C1C2CC(OCC(=O)OC(C)C(F)(F)S(=O)(=O)[O-])C(S2)C1C(O)(CC)CC. The van der Waals surface area contributed by atoms with Crippen molar-refractivity contribution in [2.75, 3.05) is 19.8 Å². The molecular weight excluding hydrogens is 1410 g/mol. The minimum atomic E-state index is -6.01. The first-order valence-corrected chi connectivity index (χ1v) is 39.6. The second kappa shape index (κ2) is 33.6. The molecule has 2 saturated carbocycles. The third-order valence-electron chi connectivity index (χ3n) is 23.2. The van der Waals surface area contributed by atoms with Crippen molar-refractivity contribution in [1.29, 1.82) is 0 Å². The Balaban J connectivity index is 0.000000315. The number of hydrogen-bond acceptors (Lipinski definition) is 26. The fourth-order valence-electron chi connectivity index (χ4n) is 16.7. The van der Waals surface area contributed by atoms with Gasteiger partial charge in [0.2, 0.25) is 0 Å². The Morgan fingerprint density at radius 1 is 0.424 bits per heavy atom. The minimum absolute atomic E-state index is 0.00981. The van der Waals surface area contributed by atoms with Gasteiger partial charge in [0.05, 0.1) is 64.1 Å². The maximum absolute atomic E-state index is 13.6. The molecule has 0 aromatic rings. The van der Waals surface area contributed by atoms with E-state index in [2.05, 4.69) is 14.2 Å². The Morgan fingerprint density at radius 3 is 1.08 bits per heavy atom. The van der Waals surface area contributed by atoms with Crippen molar-refractivity contribution in [2.24, 2.45) is 47.3 Å². The summed E-state index contributed by atoms with van der Waals surface area (Å²) < 4.78 is 214. The number of hydrogen-bond donors (Lipinski definition) is 6. The summed E-state index contributed by atoms with van der Waals surface area (Å²) in [6.45, 7) is 22.3. The number of carbonyl (C=O) groups is 3. The first-order chi connectivity index (χ1) is 45.3. The molecule has 4 aliphatic heterocycles. The van der Waals surface area contributed by atoms with Crippen LogP contribution in [0.1, 0.15) is 207 Å². The highest BCUT2D eigenvalue weighted by molar-refractivity contribution is 8.01. The standard InChI is InChI=1S/C22H38F2O8S.C21H36F2O9S.C21H36F2O8S2/c1-6-20(26,7-2)18-14-10-15(19(18)21(27,8-3)9-4)16(11-14)31-12-17(25)32-13(5)22(23,24)33(28,29)30;1-6-19(25,7-2)16-13-10-14(18(32-13)17(16)20(26,8-3)9-4)30-11-15(24)31-12(5)21(22,23)33(27,28)29;1-6-19(25,7-2)16-14-10-13(18(32-14)17(16)20(26,8-3)9-4)30-11-15(24)31-12(5)21(22,23)33(27,28)29/h13-16,18-19,26-27H,6-12H2,1-5H3,(H,28,29,30);2*12-14,16-18,25-26H,6-11H2,1-5H3,(H,27,28,29)/p-3. The molecule has 0 spiro atoms. The zero-order valence-corrected chi connectivity index (χ0v) is 62.4. The molecular formula is C64H107F6O25S4-3. The van der Waals surface area contributed by atoms with Crippen LogP contribution in [-0.4, -0.2) is 216 Å². The molecule has 18 atom stereocenters. The molecule has 4 heterocycles. The predicted octanol–water partition coefficient (Wildman–Crippen LogP) is 7.43. The van der Waals surface area contributed by atoms with E-state index >= 15 is 0 Å². The van der Waals surface area contributed by atoms with E-state index in [0.717, 1.165) is 0 Å². The van der Waals surface area contributed by atoms with E-state index in [1.807, 2.05) is 83.1 Å². The molecule has 6 fully saturated rings. The molecule has 0 amide bonds. The second-order valence-electron chi connectivity index (χ2n) is 27.7. The van der Waals surface area contributed by atoms with E-state index in [9.17, 15) is 110 Å². The van der Waals surface area contributed by atoms with Crippen LogP contribution in [0, 0.1) is 47.3 Å². The zero-order valence-electron chi connectivity index (χ0n) is 59.2. The molecule has 0 radical (unpaired) electrons. The van der Waals surface area contributed by atoms with Crippen molar-refractivity contribution in [3.05, 3.63) is 0 Å². The fraction of sp³-hybridized carbons (Fsp3) is 0.953. The topological polar surface area (TPSA) is 409 Å². The molecule has 18 unspecified atom stereocenters. The molecule has 0 aromatic heterocycles. The predicted molar refractivity (Wildman–Crippen MR) is 343 cm³/mol. The van der Waals surface area contributed by atoms with Gasteiger partial charge in [-0.2, -0.15) is 38.1 Å². The van der Waals surface area contributed by atoms with E-state index in [4.69, 9.17) is 18.9 Å². The van der Waals surface area contributed by atoms with E-state index in [-0.39, 0.29) is 51.9 Å². The summed E-state index contributed by atoms with van der Waals surface area (Å²) in [5.41, 5.74) is -6.16. The highest BCUT2D eigenvalue weighted by atomic mass is 32.2. The van der Waals surface area contributed by atoms with Gasteiger partial charge in [-0.25, -0.2) is 39.6 Å². The monoisotopic (exact) mass is 1520 g/mol.